The quantitative estimate of drug-likeness (QED) is 0.672. The zero-order chi connectivity index (χ0) is 19.5. The van der Waals surface area contributed by atoms with Crippen LogP contribution in [-0.4, -0.2) is 44.7 Å². The lowest BCUT2D eigenvalue weighted by atomic mass is 9.96. The zero-order valence-electron chi connectivity index (χ0n) is 15.8. The van der Waals surface area contributed by atoms with Gasteiger partial charge < -0.3 is 15.0 Å². The average molecular weight is 377 g/mol. The van der Waals surface area contributed by atoms with Crippen molar-refractivity contribution in [3.05, 3.63) is 48.5 Å². The minimum Gasteiger partial charge on any atom is -0.389 e. The van der Waals surface area contributed by atoms with Crippen molar-refractivity contribution >= 4 is 33.7 Å². The highest BCUT2D eigenvalue weighted by Crippen LogP contribution is 2.42. The van der Waals surface area contributed by atoms with E-state index in [1.807, 2.05) is 36.4 Å². The van der Waals surface area contributed by atoms with Gasteiger partial charge in [-0.05, 0) is 37.8 Å². The molecule has 2 N–H and O–H groups in total. The number of aliphatic hydroxyl groups is 1. The molecule has 1 aromatic heterocycles. The number of carbonyl (C=O) groups excluding carboxylic acids is 2. The van der Waals surface area contributed by atoms with Gasteiger partial charge in [0.05, 0.1) is 19.2 Å². The topological polar surface area (TPSA) is 74.6 Å². The van der Waals surface area contributed by atoms with E-state index in [-0.39, 0.29) is 18.4 Å². The number of hydrogen-bond donors (Lipinski definition) is 2. The van der Waals surface area contributed by atoms with Crippen LogP contribution in [0.25, 0.3) is 21.8 Å². The molecule has 6 nitrogen and oxygen atoms in total. The molecule has 1 aliphatic carbocycles. The standard InChI is InChI=1S/C22H23N3O3/c1-22(14-10-11-14)20(27)25(21(28)23-22)13-15(26)12-24-18-8-4-2-6-16(18)17-7-3-5-9-19(17)24/h2-9,14-15,26H,10-13H2,1H3,(H,23,28)/t15-,22+/m1/s1. The summed E-state index contributed by atoms with van der Waals surface area (Å²) in [5.74, 6) is -0.00954. The average Bonchev–Trinajstić information content (AvgIpc) is 3.48. The van der Waals surface area contributed by atoms with E-state index in [1.165, 1.54) is 4.90 Å². The summed E-state index contributed by atoms with van der Waals surface area (Å²) in [7, 11) is 0. The molecule has 2 atom stereocenters. The molecule has 5 rings (SSSR count). The fourth-order valence-corrected chi connectivity index (χ4v) is 4.50. The molecule has 0 unspecified atom stereocenters. The third-order valence-electron chi connectivity index (χ3n) is 6.16. The van der Waals surface area contributed by atoms with Crippen LogP contribution in [0.3, 0.4) is 0 Å². The van der Waals surface area contributed by atoms with Crippen molar-refractivity contribution in [2.45, 2.75) is 38.0 Å². The van der Waals surface area contributed by atoms with Gasteiger partial charge in [-0.1, -0.05) is 36.4 Å². The molecule has 2 fully saturated rings. The van der Waals surface area contributed by atoms with Gasteiger partial charge in [0.15, 0.2) is 0 Å². The van der Waals surface area contributed by atoms with Gasteiger partial charge in [0.2, 0.25) is 0 Å². The molecule has 144 valence electrons. The summed E-state index contributed by atoms with van der Waals surface area (Å²) in [6.45, 7) is 2.10. The summed E-state index contributed by atoms with van der Waals surface area (Å²) in [4.78, 5) is 26.4. The number of nitrogens with one attached hydrogen (secondary N) is 1. The van der Waals surface area contributed by atoms with Crippen LogP contribution in [0.15, 0.2) is 48.5 Å². The minimum absolute atomic E-state index is 0.00614. The number of β-amino-alcohol motifs (C(OH)–C–C–N with tert-alkyl or cyclic N) is 1. The number of carbonyl (C=O) groups is 2. The maximum Gasteiger partial charge on any atom is 0.325 e. The van der Waals surface area contributed by atoms with E-state index in [4.69, 9.17) is 0 Å². The number of hydrogen-bond acceptors (Lipinski definition) is 3. The summed E-state index contributed by atoms with van der Waals surface area (Å²) in [6, 6.07) is 15.7. The maximum absolute atomic E-state index is 12.8. The molecule has 0 spiro atoms. The first kappa shape index (κ1) is 17.3. The van der Waals surface area contributed by atoms with Gasteiger partial charge in [0.1, 0.15) is 5.54 Å². The molecule has 1 saturated heterocycles. The second-order valence-corrected chi connectivity index (χ2v) is 8.12. The number of imide groups is 1. The van der Waals surface area contributed by atoms with E-state index in [2.05, 4.69) is 22.0 Å². The van der Waals surface area contributed by atoms with Gasteiger partial charge in [-0.3, -0.25) is 9.69 Å². The second-order valence-electron chi connectivity index (χ2n) is 8.12. The van der Waals surface area contributed by atoms with Crippen LogP contribution in [0.4, 0.5) is 4.79 Å². The largest absolute Gasteiger partial charge is 0.389 e. The molecule has 28 heavy (non-hydrogen) atoms. The predicted molar refractivity (Wildman–Crippen MR) is 107 cm³/mol. The number of urea groups is 1. The number of benzene rings is 2. The molecule has 3 aromatic rings. The van der Waals surface area contributed by atoms with E-state index in [1.54, 1.807) is 6.92 Å². The monoisotopic (exact) mass is 377 g/mol. The smallest absolute Gasteiger partial charge is 0.325 e. The highest BCUT2D eigenvalue weighted by atomic mass is 16.3. The van der Waals surface area contributed by atoms with Crippen molar-refractivity contribution < 1.29 is 14.7 Å². The highest BCUT2D eigenvalue weighted by molar-refractivity contribution is 6.08. The van der Waals surface area contributed by atoms with Crippen LogP contribution in [0.5, 0.6) is 0 Å². The van der Waals surface area contributed by atoms with Crippen LogP contribution in [0.2, 0.25) is 0 Å². The SMILES string of the molecule is C[C@@]1(C2CC2)NC(=O)N(C[C@H](O)Cn2c3ccccc3c3ccccc32)C1=O. The molecule has 0 bridgehead atoms. The number of amides is 3. The van der Waals surface area contributed by atoms with E-state index >= 15 is 0 Å². The summed E-state index contributed by atoms with van der Waals surface area (Å²) >= 11 is 0. The summed E-state index contributed by atoms with van der Waals surface area (Å²) in [5.41, 5.74) is 1.24. The van der Waals surface area contributed by atoms with Gasteiger partial charge in [0.25, 0.3) is 5.91 Å². The number of nitrogens with zero attached hydrogens (tertiary/aromatic N) is 2. The Morgan fingerprint density at radius 3 is 2.18 bits per heavy atom. The fourth-order valence-electron chi connectivity index (χ4n) is 4.50. The van der Waals surface area contributed by atoms with Gasteiger partial charge in [0, 0.05) is 21.8 Å². The number of aromatic nitrogens is 1. The van der Waals surface area contributed by atoms with Crippen molar-refractivity contribution in [1.82, 2.24) is 14.8 Å². The first-order valence-electron chi connectivity index (χ1n) is 9.77. The van der Waals surface area contributed by atoms with Crippen molar-refractivity contribution in [1.29, 1.82) is 0 Å². The van der Waals surface area contributed by atoms with E-state index in [0.717, 1.165) is 34.6 Å². The summed E-state index contributed by atoms with van der Waals surface area (Å²) in [5, 5.41) is 15.9. The first-order valence-corrected chi connectivity index (χ1v) is 9.77. The van der Waals surface area contributed by atoms with Gasteiger partial charge >= 0.3 is 6.03 Å². The van der Waals surface area contributed by atoms with Crippen molar-refractivity contribution in [3.8, 4) is 0 Å². The Balaban J connectivity index is 1.42. The molecule has 2 aromatic carbocycles. The van der Waals surface area contributed by atoms with Crippen LogP contribution < -0.4 is 5.32 Å². The van der Waals surface area contributed by atoms with Crippen molar-refractivity contribution in [3.63, 3.8) is 0 Å². The van der Waals surface area contributed by atoms with Crippen LogP contribution in [-0.2, 0) is 11.3 Å². The van der Waals surface area contributed by atoms with Crippen LogP contribution in [0, 0.1) is 5.92 Å². The third-order valence-corrected chi connectivity index (χ3v) is 6.16. The van der Waals surface area contributed by atoms with Gasteiger partial charge in [-0.15, -0.1) is 0 Å². The highest BCUT2D eigenvalue weighted by Gasteiger charge is 2.56. The molecule has 2 heterocycles. The van der Waals surface area contributed by atoms with E-state index in [9.17, 15) is 14.7 Å². The third kappa shape index (κ3) is 2.52. The Kier molecular flexibility index (Phi) is 3.74. The summed E-state index contributed by atoms with van der Waals surface area (Å²) in [6.07, 6.45) is 1.07. The van der Waals surface area contributed by atoms with E-state index < -0.39 is 17.7 Å². The van der Waals surface area contributed by atoms with Gasteiger partial charge in [-0.2, -0.15) is 0 Å². The predicted octanol–water partition coefficient (Wildman–Crippen LogP) is 2.88. The normalized spacial score (nSPS) is 23.6. The molecular formula is C22H23N3O3. The van der Waals surface area contributed by atoms with Crippen molar-refractivity contribution in [2.75, 3.05) is 6.54 Å². The molecular weight excluding hydrogens is 354 g/mol. The number of para-hydroxylation sites is 2. The lowest BCUT2D eigenvalue weighted by molar-refractivity contribution is -0.132. The Hall–Kier alpha value is -2.86. The van der Waals surface area contributed by atoms with E-state index in [0.29, 0.717) is 6.54 Å². The Bertz CT molecular complexity index is 1050. The molecule has 1 saturated carbocycles. The Morgan fingerprint density at radius 1 is 1.04 bits per heavy atom. The Labute approximate surface area is 162 Å². The molecule has 0 radical (unpaired) electrons. The van der Waals surface area contributed by atoms with Crippen LogP contribution >= 0.6 is 0 Å². The number of rotatable bonds is 5. The molecule has 2 aliphatic rings. The van der Waals surface area contributed by atoms with Crippen molar-refractivity contribution in [2.24, 2.45) is 5.92 Å². The fraction of sp³-hybridized carbons (Fsp3) is 0.364. The Morgan fingerprint density at radius 2 is 1.61 bits per heavy atom. The number of aliphatic hydroxyl groups excluding tert-OH is 1. The lowest BCUT2D eigenvalue weighted by Crippen LogP contribution is -2.46. The van der Waals surface area contributed by atoms with Gasteiger partial charge in [-0.25, -0.2) is 4.79 Å². The maximum atomic E-state index is 12.8. The first-order chi connectivity index (χ1) is 13.5. The lowest BCUT2D eigenvalue weighted by Gasteiger charge is -2.22. The molecule has 3 amide bonds. The molecule has 1 aliphatic heterocycles. The summed E-state index contributed by atoms with van der Waals surface area (Å²) < 4.78 is 2.06. The minimum atomic E-state index is -0.851. The second kappa shape index (κ2) is 6.07. The van der Waals surface area contributed by atoms with Crippen LogP contribution in [0.1, 0.15) is 19.8 Å². The molecule has 6 heteroatoms. The number of fused-ring (bicyclic) bond motifs is 3. The zero-order valence-corrected chi connectivity index (χ0v) is 15.8.